The van der Waals surface area contributed by atoms with Gasteiger partial charge in [0.05, 0.1) is 43.8 Å². The van der Waals surface area contributed by atoms with E-state index in [-0.39, 0.29) is 23.4 Å². The van der Waals surface area contributed by atoms with Gasteiger partial charge in [0.1, 0.15) is 5.75 Å². The van der Waals surface area contributed by atoms with E-state index in [9.17, 15) is 0 Å². The number of hydrogen-bond acceptors (Lipinski definition) is 9. The Bertz CT molecular complexity index is 905. The first kappa shape index (κ1) is 27.7. The largest absolute Gasteiger partial charge is 0.540 e. The third kappa shape index (κ3) is 9.30. The molecule has 178 valence electrons. The van der Waals surface area contributed by atoms with Gasteiger partial charge < -0.3 is 4.74 Å². The van der Waals surface area contributed by atoms with E-state index in [1.807, 2.05) is 53.4 Å². The van der Waals surface area contributed by atoms with Crippen LogP contribution in [0.4, 0.5) is 0 Å². The Hall–Kier alpha value is -1.57. The van der Waals surface area contributed by atoms with Crippen LogP contribution in [0.25, 0.3) is 0 Å². The molecule has 0 bridgehead atoms. The molecule has 2 N–H and O–H groups in total. The number of hydrogen-bond donors (Lipinski definition) is 2. The summed E-state index contributed by atoms with van der Waals surface area (Å²) in [6, 6.07) is 14.9. The molecule has 0 aliphatic carbocycles. The van der Waals surface area contributed by atoms with Gasteiger partial charge in [0.15, 0.2) is 5.75 Å². The monoisotopic (exact) mass is 530 g/mol. The van der Waals surface area contributed by atoms with Crippen molar-refractivity contribution in [1.29, 1.82) is 0 Å². The van der Waals surface area contributed by atoms with Gasteiger partial charge in [-0.05, 0) is 47.5 Å². The van der Waals surface area contributed by atoms with E-state index in [0.717, 1.165) is 16.9 Å². The Kier molecular flexibility index (Phi) is 12.9. The van der Waals surface area contributed by atoms with Crippen molar-refractivity contribution in [2.24, 2.45) is 5.10 Å². The van der Waals surface area contributed by atoms with Crippen LogP contribution in [0.3, 0.4) is 0 Å². The van der Waals surface area contributed by atoms with Gasteiger partial charge in [0.2, 0.25) is 11.8 Å². The summed E-state index contributed by atoms with van der Waals surface area (Å²) < 4.78 is 21.3. The second-order valence-corrected chi connectivity index (χ2v) is 10.4. The maximum Gasteiger partial charge on any atom is 0.540 e. The third-order valence-corrected chi connectivity index (χ3v) is 7.90. The molecule has 33 heavy (non-hydrogen) atoms. The van der Waals surface area contributed by atoms with E-state index in [4.69, 9.17) is 31.6 Å². The van der Waals surface area contributed by atoms with Crippen LogP contribution < -0.4 is 9.26 Å². The zero-order valence-electron chi connectivity index (χ0n) is 18.2. The smallest absolute Gasteiger partial charge is 0.497 e. The van der Waals surface area contributed by atoms with Gasteiger partial charge in [-0.1, -0.05) is 23.0 Å². The van der Waals surface area contributed by atoms with Gasteiger partial charge in [-0.3, -0.25) is 9.42 Å². The summed E-state index contributed by atoms with van der Waals surface area (Å²) in [4.78, 5) is 1.98. The highest BCUT2D eigenvalue weighted by Crippen LogP contribution is 2.40. The average molecular weight is 530 g/mol. The standard InChI is InChI=1S/C20H26N3O6P3S/c1-4-13-23(15-30-28-24)20(31-29-25)17-7-11-19(12-8-17)27-32(33)22(2)21-14-16-5-9-18(26-3)10-6-16/h4-12,14,20,30-31H,1,13,15H2,2-3H3,(H-,24,25)/p+1/b21-14+. The third-order valence-electron chi connectivity index (χ3n) is 4.33. The van der Waals surface area contributed by atoms with E-state index in [2.05, 4.69) is 21.0 Å². The number of benzene rings is 2. The van der Waals surface area contributed by atoms with Gasteiger partial charge in [-0.25, -0.2) is 19.9 Å². The molecule has 0 radical (unpaired) electrons. The zero-order valence-corrected chi connectivity index (χ0v) is 21.9. The lowest BCUT2D eigenvalue weighted by Crippen LogP contribution is -2.26. The first-order valence-electron chi connectivity index (χ1n) is 9.63. The lowest BCUT2D eigenvalue weighted by Gasteiger charge is -2.29. The van der Waals surface area contributed by atoms with Crippen LogP contribution in [0.15, 0.2) is 66.3 Å². The van der Waals surface area contributed by atoms with Crippen molar-refractivity contribution < 1.29 is 29.1 Å². The molecule has 0 saturated carbocycles. The highest BCUT2D eigenvalue weighted by atomic mass is 32.4. The van der Waals surface area contributed by atoms with Crippen molar-refractivity contribution >= 4 is 42.7 Å². The first-order valence-corrected chi connectivity index (χ1v) is 14.0. The summed E-state index contributed by atoms with van der Waals surface area (Å²) in [6.45, 7) is 4.29. The van der Waals surface area contributed by atoms with Gasteiger partial charge in [0, 0.05) is 12.8 Å². The fourth-order valence-corrected chi connectivity index (χ4v) is 5.12. The van der Waals surface area contributed by atoms with Crippen LogP contribution in [0, 0.1) is 0 Å². The Morgan fingerprint density at radius 1 is 1.12 bits per heavy atom. The average Bonchev–Trinajstić information content (AvgIpc) is 2.84. The number of methoxy groups -OCH3 is 1. The number of ether oxygens (including phenoxy) is 1. The van der Waals surface area contributed by atoms with Crippen molar-refractivity contribution in [3.63, 3.8) is 0 Å². The number of nitrogens with zero attached hydrogens (tertiary/aromatic N) is 3. The normalized spacial score (nSPS) is 13.3. The van der Waals surface area contributed by atoms with Crippen LogP contribution in [0.2, 0.25) is 0 Å². The Labute approximate surface area is 203 Å². The summed E-state index contributed by atoms with van der Waals surface area (Å²) in [5.41, 5.74) is 1.82. The van der Waals surface area contributed by atoms with Crippen LogP contribution >= 0.6 is 24.7 Å². The highest BCUT2D eigenvalue weighted by molar-refractivity contribution is 8.02. The molecular weight excluding hydrogens is 503 g/mol. The molecule has 0 spiro atoms. The molecule has 0 heterocycles. The topological polar surface area (TPSA) is 96.2 Å². The summed E-state index contributed by atoms with van der Waals surface area (Å²) in [6.07, 6.45) is 3.90. The SMILES string of the molecule is C=CCN(CPOO)C(POO)c1ccc(O[P+](=S)N(C)/N=C/c2ccc(OC)cc2)cc1. The van der Waals surface area contributed by atoms with Gasteiger partial charge in [-0.15, -0.1) is 11.7 Å². The quantitative estimate of drug-likeness (QED) is 0.103. The van der Waals surface area contributed by atoms with Crippen molar-refractivity contribution in [2.45, 2.75) is 5.78 Å². The lowest BCUT2D eigenvalue weighted by molar-refractivity contribution is -0.126. The Morgan fingerprint density at radius 3 is 2.36 bits per heavy atom. The van der Waals surface area contributed by atoms with Gasteiger partial charge >= 0.3 is 7.07 Å². The van der Waals surface area contributed by atoms with Crippen molar-refractivity contribution in [2.75, 3.05) is 27.0 Å². The highest BCUT2D eigenvalue weighted by Gasteiger charge is 2.23. The molecule has 0 aliphatic rings. The Morgan fingerprint density at radius 2 is 1.79 bits per heavy atom. The molecular formula is C20H27N3O6P3S+. The predicted molar refractivity (Wildman–Crippen MR) is 138 cm³/mol. The molecule has 13 heteroatoms. The molecule has 2 aromatic rings. The van der Waals surface area contributed by atoms with Crippen LogP contribution in [0.5, 0.6) is 11.5 Å². The molecule has 0 saturated heterocycles. The first-order chi connectivity index (χ1) is 16.0. The molecule has 4 unspecified atom stereocenters. The summed E-state index contributed by atoms with van der Waals surface area (Å²) in [5.74, 6) is 1.14. The van der Waals surface area contributed by atoms with E-state index in [1.165, 1.54) is 0 Å². The van der Waals surface area contributed by atoms with E-state index >= 15 is 0 Å². The van der Waals surface area contributed by atoms with Gasteiger partial charge in [-0.2, -0.15) is 0 Å². The summed E-state index contributed by atoms with van der Waals surface area (Å²) in [5, 5.41) is 22.1. The van der Waals surface area contributed by atoms with E-state index < -0.39 is 7.07 Å². The summed E-state index contributed by atoms with van der Waals surface area (Å²) in [7, 11) is 1.60. The molecule has 9 nitrogen and oxygen atoms in total. The minimum atomic E-state index is -1.42. The molecule has 0 fully saturated rings. The lowest BCUT2D eigenvalue weighted by atomic mass is 10.2. The molecule has 4 atom stereocenters. The predicted octanol–water partition coefficient (Wildman–Crippen LogP) is 5.42. The fourth-order valence-electron chi connectivity index (χ4n) is 2.68. The van der Waals surface area contributed by atoms with Crippen LogP contribution in [0.1, 0.15) is 16.9 Å². The fraction of sp³-hybridized carbons (Fsp3) is 0.250. The zero-order chi connectivity index (χ0) is 24.1. The van der Waals surface area contributed by atoms with Crippen molar-refractivity contribution in [3.05, 3.63) is 72.3 Å². The second-order valence-electron chi connectivity index (χ2n) is 6.47. The minimum absolute atomic E-state index is 0.133. The van der Waals surface area contributed by atoms with E-state index in [0.29, 0.717) is 18.6 Å². The molecule has 0 amide bonds. The van der Waals surface area contributed by atoms with E-state index in [1.54, 1.807) is 31.2 Å². The van der Waals surface area contributed by atoms with Gasteiger partial charge in [0.25, 0.3) is 0 Å². The maximum atomic E-state index is 9.05. The minimum Gasteiger partial charge on any atom is -0.497 e. The molecule has 0 aliphatic heterocycles. The van der Waals surface area contributed by atoms with Crippen molar-refractivity contribution in [1.82, 2.24) is 9.68 Å². The molecule has 0 aromatic heterocycles. The summed E-state index contributed by atoms with van der Waals surface area (Å²) >= 11 is 5.47. The second kappa shape index (κ2) is 15.4. The number of hydrazone groups is 1. The van der Waals surface area contributed by atoms with Crippen molar-refractivity contribution in [3.8, 4) is 11.5 Å². The maximum absolute atomic E-state index is 9.05. The molecule has 2 aromatic carbocycles. The Balaban J connectivity index is 2.02. The number of rotatable bonds is 15. The van der Waals surface area contributed by atoms with Crippen LogP contribution in [-0.2, 0) is 21.2 Å². The van der Waals surface area contributed by atoms with Crippen LogP contribution in [-0.4, -0.2) is 53.4 Å². The molecule has 2 rings (SSSR count).